The zero-order valence-electron chi connectivity index (χ0n) is 9.22. The van der Waals surface area contributed by atoms with Crippen molar-refractivity contribution in [2.24, 2.45) is 0 Å². The smallest absolute Gasteiger partial charge is 0.262 e. The van der Waals surface area contributed by atoms with E-state index in [4.69, 9.17) is 4.74 Å². The van der Waals surface area contributed by atoms with Gasteiger partial charge in [0.1, 0.15) is 5.75 Å². The number of rotatable bonds is 4. The van der Waals surface area contributed by atoms with Gasteiger partial charge >= 0.3 is 0 Å². The normalized spacial score (nSPS) is 9.65. The molecule has 0 aliphatic carbocycles. The minimum Gasteiger partial charge on any atom is -0.484 e. The summed E-state index contributed by atoms with van der Waals surface area (Å²) in [4.78, 5) is 11.5. The maximum atomic E-state index is 11.5. The van der Waals surface area contributed by atoms with Gasteiger partial charge in [0.05, 0.1) is 0 Å². The van der Waals surface area contributed by atoms with Gasteiger partial charge in [0.2, 0.25) is 0 Å². The number of carbonyl (C=O) groups excluding carboxylic acids is 1. The van der Waals surface area contributed by atoms with E-state index in [2.05, 4.69) is 11.4 Å². The molecule has 0 aliphatic heterocycles. The fraction of sp³-hybridized carbons (Fsp3) is 0.0714. The van der Waals surface area contributed by atoms with Crippen molar-refractivity contribution in [3.63, 3.8) is 0 Å². The summed E-state index contributed by atoms with van der Waals surface area (Å²) in [6.07, 6.45) is 0. The molecule has 3 heteroatoms. The highest BCUT2D eigenvalue weighted by Crippen LogP contribution is 2.08. The Hall–Kier alpha value is -2.29. The summed E-state index contributed by atoms with van der Waals surface area (Å²) in [7, 11) is 0. The first-order valence-electron chi connectivity index (χ1n) is 5.28. The zero-order valence-corrected chi connectivity index (χ0v) is 9.22. The molecule has 0 heterocycles. The Bertz CT molecular complexity index is 468. The van der Waals surface area contributed by atoms with Crippen molar-refractivity contribution < 1.29 is 9.53 Å². The Balaban J connectivity index is 1.83. The second-order valence-corrected chi connectivity index (χ2v) is 3.44. The summed E-state index contributed by atoms with van der Waals surface area (Å²) in [5.74, 6) is 0.504. The summed E-state index contributed by atoms with van der Waals surface area (Å²) < 4.78 is 5.32. The van der Waals surface area contributed by atoms with Crippen molar-refractivity contribution in [1.29, 1.82) is 0 Å². The van der Waals surface area contributed by atoms with Crippen molar-refractivity contribution in [3.8, 4) is 5.75 Å². The van der Waals surface area contributed by atoms with Crippen LogP contribution in [0.1, 0.15) is 0 Å². The number of carbonyl (C=O) groups is 1. The van der Waals surface area contributed by atoms with Crippen LogP contribution in [0.25, 0.3) is 0 Å². The summed E-state index contributed by atoms with van der Waals surface area (Å²) in [6.45, 7) is 0.00260. The van der Waals surface area contributed by atoms with E-state index in [-0.39, 0.29) is 12.5 Å². The first-order valence-corrected chi connectivity index (χ1v) is 5.28. The lowest BCUT2D eigenvalue weighted by atomic mass is 10.3. The fourth-order valence-corrected chi connectivity index (χ4v) is 1.33. The molecule has 2 aromatic carbocycles. The van der Waals surface area contributed by atoms with Crippen LogP contribution in [0.2, 0.25) is 0 Å². The molecule has 0 aromatic heterocycles. The van der Waals surface area contributed by atoms with Crippen molar-refractivity contribution in [2.45, 2.75) is 0 Å². The Morgan fingerprint density at radius 3 is 2.53 bits per heavy atom. The molecule has 0 spiro atoms. The number of hydrogen-bond donors (Lipinski definition) is 1. The summed E-state index contributed by atoms with van der Waals surface area (Å²) in [5.41, 5.74) is 0.741. The monoisotopic (exact) mass is 226 g/mol. The number of benzene rings is 2. The van der Waals surface area contributed by atoms with Crippen LogP contribution in [-0.4, -0.2) is 12.5 Å². The molecule has 0 saturated carbocycles. The predicted molar refractivity (Wildman–Crippen MR) is 65.8 cm³/mol. The average Bonchev–Trinajstić information content (AvgIpc) is 2.39. The van der Waals surface area contributed by atoms with Gasteiger partial charge in [-0.15, -0.1) is 0 Å². The fourth-order valence-electron chi connectivity index (χ4n) is 1.33. The molecule has 1 N–H and O–H groups in total. The second kappa shape index (κ2) is 5.70. The van der Waals surface area contributed by atoms with Crippen LogP contribution in [0.3, 0.4) is 0 Å². The Morgan fingerprint density at radius 2 is 1.82 bits per heavy atom. The molecule has 1 amide bonds. The van der Waals surface area contributed by atoms with Crippen LogP contribution in [0, 0.1) is 6.07 Å². The van der Waals surface area contributed by atoms with Crippen LogP contribution in [0.5, 0.6) is 5.75 Å². The lowest BCUT2D eigenvalue weighted by molar-refractivity contribution is -0.118. The molecule has 2 rings (SSSR count). The minimum atomic E-state index is -0.181. The third-order valence-electron chi connectivity index (χ3n) is 2.12. The molecule has 85 valence electrons. The van der Waals surface area contributed by atoms with Gasteiger partial charge in [0.25, 0.3) is 5.91 Å². The number of nitrogens with one attached hydrogen (secondary N) is 1. The number of ether oxygens (including phenoxy) is 1. The minimum absolute atomic E-state index is 0.00260. The van der Waals surface area contributed by atoms with Gasteiger partial charge in [0.15, 0.2) is 6.61 Å². The van der Waals surface area contributed by atoms with Gasteiger partial charge in [-0.25, -0.2) is 0 Å². The molecule has 0 atom stereocenters. The highest BCUT2D eigenvalue weighted by atomic mass is 16.5. The standard InChI is InChI=1S/C14H12NO2/c16-14(15-12-7-3-1-4-8-12)11-17-13-9-5-2-6-10-13/h2-10H,11H2,(H,15,16). The number of amides is 1. The molecule has 3 nitrogen and oxygen atoms in total. The quantitative estimate of drug-likeness (QED) is 0.869. The zero-order chi connectivity index (χ0) is 11.9. The lowest BCUT2D eigenvalue weighted by Gasteiger charge is -2.06. The molecule has 1 radical (unpaired) electrons. The predicted octanol–water partition coefficient (Wildman–Crippen LogP) is 2.50. The van der Waals surface area contributed by atoms with E-state index in [0.29, 0.717) is 5.75 Å². The average molecular weight is 226 g/mol. The lowest BCUT2D eigenvalue weighted by Crippen LogP contribution is -2.19. The summed E-state index contributed by atoms with van der Waals surface area (Å²) in [6, 6.07) is 19.2. The van der Waals surface area contributed by atoms with Gasteiger partial charge in [-0.05, 0) is 30.3 Å². The van der Waals surface area contributed by atoms with Gasteiger partial charge in [-0.1, -0.05) is 30.3 Å². The van der Waals surface area contributed by atoms with Crippen LogP contribution in [0.15, 0.2) is 54.6 Å². The third kappa shape index (κ3) is 3.65. The van der Waals surface area contributed by atoms with Crippen molar-refractivity contribution in [1.82, 2.24) is 0 Å². The maximum Gasteiger partial charge on any atom is 0.262 e. The van der Waals surface area contributed by atoms with Gasteiger partial charge in [-0.3, -0.25) is 4.79 Å². The topological polar surface area (TPSA) is 38.3 Å². The van der Waals surface area contributed by atoms with E-state index in [1.165, 1.54) is 0 Å². The van der Waals surface area contributed by atoms with E-state index in [0.717, 1.165) is 5.69 Å². The summed E-state index contributed by atoms with van der Waals surface area (Å²) in [5, 5.41) is 2.73. The van der Waals surface area contributed by atoms with Crippen molar-refractivity contribution in [3.05, 3.63) is 60.7 Å². The van der Waals surface area contributed by atoms with E-state index < -0.39 is 0 Å². The highest BCUT2D eigenvalue weighted by molar-refractivity contribution is 5.91. The number of para-hydroxylation sites is 1. The van der Waals surface area contributed by atoms with Gasteiger partial charge < -0.3 is 10.1 Å². The molecule has 0 bridgehead atoms. The molecule has 0 saturated heterocycles. The SMILES string of the molecule is O=C(COc1ccccc1)Nc1cc[c]cc1. The first-order chi connectivity index (χ1) is 8.34. The van der Waals surface area contributed by atoms with Crippen LogP contribution >= 0.6 is 0 Å². The van der Waals surface area contributed by atoms with E-state index in [9.17, 15) is 4.79 Å². The van der Waals surface area contributed by atoms with Crippen molar-refractivity contribution >= 4 is 11.6 Å². The molecule has 0 unspecified atom stereocenters. The molecule has 17 heavy (non-hydrogen) atoms. The van der Waals surface area contributed by atoms with Crippen LogP contribution in [0.4, 0.5) is 5.69 Å². The Kier molecular flexibility index (Phi) is 3.76. The molecule has 2 aromatic rings. The number of hydrogen-bond acceptors (Lipinski definition) is 2. The van der Waals surface area contributed by atoms with Gasteiger partial charge in [0, 0.05) is 5.69 Å². The van der Waals surface area contributed by atoms with E-state index in [1.807, 2.05) is 30.3 Å². The molecule has 0 aliphatic rings. The Labute approximate surface area is 100 Å². The van der Waals surface area contributed by atoms with Crippen LogP contribution < -0.4 is 10.1 Å². The second-order valence-electron chi connectivity index (χ2n) is 3.44. The largest absolute Gasteiger partial charge is 0.484 e. The molecular formula is C14H12NO2. The van der Waals surface area contributed by atoms with E-state index in [1.54, 1.807) is 24.3 Å². The highest BCUT2D eigenvalue weighted by Gasteiger charge is 2.02. The number of anilines is 1. The Morgan fingerprint density at radius 1 is 1.12 bits per heavy atom. The summed E-state index contributed by atoms with van der Waals surface area (Å²) >= 11 is 0. The maximum absolute atomic E-state index is 11.5. The van der Waals surface area contributed by atoms with Gasteiger partial charge in [-0.2, -0.15) is 0 Å². The van der Waals surface area contributed by atoms with Crippen LogP contribution in [-0.2, 0) is 4.79 Å². The molecule has 0 fully saturated rings. The first kappa shape index (κ1) is 11.2. The third-order valence-corrected chi connectivity index (χ3v) is 2.12. The molecular weight excluding hydrogens is 214 g/mol. The van der Waals surface area contributed by atoms with Crippen molar-refractivity contribution in [2.75, 3.05) is 11.9 Å². The van der Waals surface area contributed by atoms with E-state index >= 15 is 0 Å².